The average molecular weight is 266 g/mol. The molecule has 1 aromatic rings. The van der Waals surface area contributed by atoms with E-state index in [-0.39, 0.29) is 11.8 Å². The van der Waals surface area contributed by atoms with Gasteiger partial charge in [-0.2, -0.15) is 0 Å². The second-order valence-corrected chi connectivity index (χ2v) is 5.34. The summed E-state index contributed by atoms with van der Waals surface area (Å²) in [5.74, 6) is -1.76. The molecule has 2 rings (SSSR count). The molecule has 1 aliphatic rings. The zero-order valence-electron chi connectivity index (χ0n) is 11.3. The van der Waals surface area contributed by atoms with Gasteiger partial charge in [-0.25, -0.2) is 0 Å². The maximum atomic E-state index is 12.2. The number of anilines is 1. The van der Waals surface area contributed by atoms with E-state index in [0.29, 0.717) is 24.4 Å². The fourth-order valence-electron chi connectivity index (χ4n) is 2.59. The van der Waals surface area contributed by atoms with Crippen molar-refractivity contribution in [3.05, 3.63) is 11.3 Å². The first kappa shape index (κ1) is 13.6. The molecule has 0 bridgehead atoms. The molecule has 2 N–H and O–H groups in total. The summed E-state index contributed by atoms with van der Waals surface area (Å²) in [6, 6.07) is 0. The lowest BCUT2D eigenvalue weighted by Gasteiger charge is -2.14. The number of aromatic nitrogens is 1. The molecule has 1 aromatic heterocycles. The molecule has 6 heteroatoms. The topological polar surface area (TPSA) is 92.4 Å². The van der Waals surface area contributed by atoms with Crippen molar-refractivity contribution in [3.63, 3.8) is 0 Å². The molecule has 0 aliphatic heterocycles. The highest BCUT2D eigenvalue weighted by Crippen LogP contribution is 2.37. The molecule has 1 fully saturated rings. The Morgan fingerprint density at radius 3 is 2.47 bits per heavy atom. The minimum Gasteiger partial charge on any atom is -0.481 e. The number of rotatable bonds is 3. The highest BCUT2D eigenvalue weighted by atomic mass is 16.5. The number of carboxylic acids is 1. The average Bonchev–Trinajstić information content (AvgIpc) is 2.87. The number of amides is 1. The summed E-state index contributed by atoms with van der Waals surface area (Å²) in [7, 11) is 0. The van der Waals surface area contributed by atoms with Crippen LogP contribution in [0.4, 0.5) is 5.88 Å². The number of carboxylic acid groups (broad SMARTS) is 1. The fraction of sp³-hybridized carbons (Fsp3) is 0.615. The highest BCUT2D eigenvalue weighted by molar-refractivity contribution is 5.95. The summed E-state index contributed by atoms with van der Waals surface area (Å²) in [6.07, 6.45) is 1.14. The number of hydrogen-bond donors (Lipinski definition) is 2. The molecule has 1 saturated carbocycles. The predicted molar refractivity (Wildman–Crippen MR) is 67.6 cm³/mol. The largest absolute Gasteiger partial charge is 0.481 e. The Bertz CT molecular complexity index is 509. The third-order valence-electron chi connectivity index (χ3n) is 3.85. The Labute approximate surface area is 111 Å². The van der Waals surface area contributed by atoms with Gasteiger partial charge in [0.2, 0.25) is 11.8 Å². The van der Waals surface area contributed by atoms with Crippen LogP contribution in [0.2, 0.25) is 0 Å². The van der Waals surface area contributed by atoms with Gasteiger partial charge in [0, 0.05) is 5.56 Å². The van der Waals surface area contributed by atoms with Crippen molar-refractivity contribution in [3.8, 4) is 0 Å². The van der Waals surface area contributed by atoms with Crippen LogP contribution in [0.1, 0.15) is 31.0 Å². The molecule has 0 radical (unpaired) electrons. The van der Waals surface area contributed by atoms with Gasteiger partial charge in [-0.3, -0.25) is 14.9 Å². The van der Waals surface area contributed by atoms with Crippen molar-refractivity contribution in [2.24, 2.45) is 17.8 Å². The van der Waals surface area contributed by atoms with E-state index in [2.05, 4.69) is 10.5 Å². The first-order valence-corrected chi connectivity index (χ1v) is 6.36. The number of carbonyl (C=O) groups excluding carboxylic acids is 1. The first-order chi connectivity index (χ1) is 8.90. The molecule has 19 heavy (non-hydrogen) atoms. The molecule has 1 amide bonds. The van der Waals surface area contributed by atoms with Crippen LogP contribution in [0.15, 0.2) is 4.52 Å². The number of carbonyl (C=O) groups is 2. The monoisotopic (exact) mass is 266 g/mol. The van der Waals surface area contributed by atoms with Crippen LogP contribution in [0.3, 0.4) is 0 Å². The van der Waals surface area contributed by atoms with Crippen LogP contribution in [-0.2, 0) is 9.59 Å². The molecular weight excluding hydrogens is 248 g/mol. The third kappa shape index (κ3) is 2.62. The van der Waals surface area contributed by atoms with Crippen molar-refractivity contribution < 1.29 is 19.2 Å². The number of nitrogens with one attached hydrogen (secondary N) is 1. The number of aliphatic carboxylic acids is 1. The Kier molecular flexibility index (Phi) is 3.59. The second-order valence-electron chi connectivity index (χ2n) is 5.34. The maximum absolute atomic E-state index is 12.2. The van der Waals surface area contributed by atoms with Gasteiger partial charge >= 0.3 is 5.97 Å². The fourth-order valence-corrected chi connectivity index (χ4v) is 2.59. The van der Waals surface area contributed by atoms with E-state index in [1.807, 2.05) is 6.92 Å². The number of hydrogen-bond acceptors (Lipinski definition) is 4. The molecular formula is C13H18N2O4. The van der Waals surface area contributed by atoms with Crippen molar-refractivity contribution in [2.45, 2.75) is 33.6 Å². The van der Waals surface area contributed by atoms with Crippen LogP contribution >= 0.6 is 0 Å². The van der Waals surface area contributed by atoms with Gasteiger partial charge in [-0.15, -0.1) is 0 Å². The molecule has 104 valence electrons. The van der Waals surface area contributed by atoms with Crippen molar-refractivity contribution in [1.82, 2.24) is 5.16 Å². The Morgan fingerprint density at radius 2 is 1.95 bits per heavy atom. The predicted octanol–water partition coefficient (Wildman–Crippen LogP) is 1.98. The Morgan fingerprint density at radius 1 is 1.32 bits per heavy atom. The highest BCUT2D eigenvalue weighted by Gasteiger charge is 2.41. The molecule has 3 unspecified atom stereocenters. The van der Waals surface area contributed by atoms with E-state index in [0.717, 1.165) is 5.56 Å². The summed E-state index contributed by atoms with van der Waals surface area (Å²) < 4.78 is 5.02. The Balaban J connectivity index is 2.11. The van der Waals surface area contributed by atoms with Crippen LogP contribution in [0, 0.1) is 31.6 Å². The van der Waals surface area contributed by atoms with E-state index >= 15 is 0 Å². The van der Waals surface area contributed by atoms with Gasteiger partial charge in [0.15, 0.2) is 0 Å². The van der Waals surface area contributed by atoms with Gasteiger partial charge in [0.25, 0.3) is 0 Å². The minimum absolute atomic E-state index is 0.245. The quantitative estimate of drug-likeness (QED) is 0.872. The van der Waals surface area contributed by atoms with E-state index in [4.69, 9.17) is 9.63 Å². The van der Waals surface area contributed by atoms with Crippen LogP contribution < -0.4 is 5.32 Å². The van der Waals surface area contributed by atoms with Crippen LogP contribution in [0.5, 0.6) is 0 Å². The minimum atomic E-state index is -0.907. The lowest BCUT2D eigenvalue weighted by Crippen LogP contribution is -2.30. The second kappa shape index (κ2) is 5.03. The molecule has 1 heterocycles. The van der Waals surface area contributed by atoms with Crippen molar-refractivity contribution in [1.29, 1.82) is 0 Å². The van der Waals surface area contributed by atoms with E-state index in [1.165, 1.54) is 0 Å². The maximum Gasteiger partial charge on any atom is 0.307 e. The molecule has 1 aliphatic carbocycles. The standard InChI is InChI=1S/C13H18N2O4/c1-6-4-9(10(5-6)13(17)18)11(16)14-12-7(2)8(3)15-19-12/h6,9-10H,4-5H2,1-3H3,(H,14,16)(H,17,18). The van der Waals surface area contributed by atoms with Gasteiger partial charge in [-0.1, -0.05) is 12.1 Å². The van der Waals surface area contributed by atoms with Crippen LogP contribution in [0.25, 0.3) is 0 Å². The summed E-state index contributed by atoms with van der Waals surface area (Å²) in [6.45, 7) is 5.55. The van der Waals surface area contributed by atoms with Crippen molar-refractivity contribution in [2.75, 3.05) is 5.32 Å². The van der Waals surface area contributed by atoms with Gasteiger partial charge < -0.3 is 9.63 Å². The summed E-state index contributed by atoms with van der Waals surface area (Å²) >= 11 is 0. The lowest BCUT2D eigenvalue weighted by molar-refractivity contribution is -0.145. The molecule has 0 saturated heterocycles. The smallest absolute Gasteiger partial charge is 0.307 e. The van der Waals surface area contributed by atoms with E-state index in [1.54, 1.807) is 13.8 Å². The molecule has 0 spiro atoms. The van der Waals surface area contributed by atoms with Gasteiger partial charge in [0.05, 0.1) is 17.5 Å². The molecule has 3 atom stereocenters. The number of nitrogens with zero attached hydrogens (tertiary/aromatic N) is 1. The number of aryl methyl sites for hydroxylation is 1. The normalized spacial score (nSPS) is 26.4. The van der Waals surface area contributed by atoms with Crippen LogP contribution in [-0.4, -0.2) is 22.1 Å². The van der Waals surface area contributed by atoms with E-state index in [9.17, 15) is 9.59 Å². The zero-order valence-corrected chi connectivity index (χ0v) is 11.3. The SMILES string of the molecule is Cc1noc(NC(=O)C2CC(C)CC2C(=O)O)c1C. The first-order valence-electron chi connectivity index (χ1n) is 6.36. The van der Waals surface area contributed by atoms with Crippen molar-refractivity contribution >= 4 is 17.8 Å². The van der Waals surface area contributed by atoms with Gasteiger partial charge in [-0.05, 0) is 32.6 Å². The van der Waals surface area contributed by atoms with Gasteiger partial charge in [0.1, 0.15) is 0 Å². The third-order valence-corrected chi connectivity index (χ3v) is 3.85. The summed E-state index contributed by atoms with van der Waals surface area (Å²) in [5.41, 5.74) is 1.48. The zero-order chi connectivity index (χ0) is 14.2. The summed E-state index contributed by atoms with van der Waals surface area (Å²) in [5, 5.41) is 15.6. The molecule has 6 nitrogen and oxygen atoms in total. The summed E-state index contributed by atoms with van der Waals surface area (Å²) in [4.78, 5) is 23.3. The molecule has 0 aromatic carbocycles. The Hall–Kier alpha value is -1.85. The lowest BCUT2D eigenvalue weighted by atomic mass is 9.95. The van der Waals surface area contributed by atoms with E-state index < -0.39 is 17.8 Å².